The fraction of sp³-hybridized carbons (Fsp3) is 0.500. The summed E-state index contributed by atoms with van der Waals surface area (Å²) in [4.78, 5) is 23.8. The average molecular weight is 288 g/mol. The van der Waals surface area contributed by atoms with Crippen molar-refractivity contribution in [3.05, 3.63) is 29.3 Å². The summed E-state index contributed by atoms with van der Waals surface area (Å²) in [5, 5.41) is 5.90. The lowest BCUT2D eigenvalue weighted by atomic mass is 9.94. The van der Waals surface area contributed by atoms with Crippen LogP contribution in [-0.2, 0) is 16.0 Å². The van der Waals surface area contributed by atoms with Crippen LogP contribution in [0.3, 0.4) is 0 Å². The number of nitrogens with one attached hydrogen (secondary N) is 2. The summed E-state index contributed by atoms with van der Waals surface area (Å²) < 4.78 is 5.46. The number of anilines is 1. The van der Waals surface area contributed by atoms with E-state index in [1.807, 2.05) is 13.0 Å². The van der Waals surface area contributed by atoms with E-state index in [-0.39, 0.29) is 17.4 Å². The molecule has 0 aromatic heterocycles. The largest absolute Gasteiger partial charge is 0.379 e. The second kappa shape index (κ2) is 5.48. The Morgan fingerprint density at radius 1 is 1.38 bits per heavy atom. The Balaban J connectivity index is 1.74. The molecule has 1 aromatic rings. The van der Waals surface area contributed by atoms with Gasteiger partial charge in [0.05, 0.1) is 12.1 Å². The molecule has 21 heavy (non-hydrogen) atoms. The van der Waals surface area contributed by atoms with Gasteiger partial charge in [0.15, 0.2) is 0 Å². The van der Waals surface area contributed by atoms with Gasteiger partial charge in [-0.2, -0.15) is 0 Å². The van der Waals surface area contributed by atoms with Crippen LogP contribution in [-0.4, -0.2) is 30.6 Å². The Morgan fingerprint density at radius 2 is 2.24 bits per heavy atom. The lowest BCUT2D eigenvalue weighted by Crippen LogP contribution is -2.51. The summed E-state index contributed by atoms with van der Waals surface area (Å²) in [6.45, 7) is 3.34. The van der Waals surface area contributed by atoms with Crippen LogP contribution in [0, 0.1) is 0 Å². The lowest BCUT2D eigenvalue weighted by Gasteiger charge is -2.34. The Kier molecular flexibility index (Phi) is 3.68. The van der Waals surface area contributed by atoms with Crippen LogP contribution < -0.4 is 10.6 Å². The second-order valence-corrected chi connectivity index (χ2v) is 6.09. The molecule has 0 bridgehead atoms. The van der Waals surface area contributed by atoms with E-state index in [4.69, 9.17) is 4.74 Å². The zero-order valence-corrected chi connectivity index (χ0v) is 12.2. The quantitative estimate of drug-likeness (QED) is 0.873. The molecule has 112 valence electrons. The number of hydrogen-bond donors (Lipinski definition) is 2. The minimum absolute atomic E-state index is 0.0339. The third kappa shape index (κ3) is 3.08. The molecule has 0 saturated carbocycles. The van der Waals surface area contributed by atoms with Gasteiger partial charge in [0.25, 0.3) is 5.91 Å². The predicted octanol–water partition coefficient (Wildman–Crippen LogP) is 1.87. The highest BCUT2D eigenvalue weighted by atomic mass is 16.5. The second-order valence-electron chi connectivity index (χ2n) is 6.09. The first-order valence-corrected chi connectivity index (χ1v) is 7.39. The van der Waals surface area contributed by atoms with Crippen LogP contribution in [0.2, 0.25) is 0 Å². The smallest absolute Gasteiger partial charge is 0.251 e. The summed E-state index contributed by atoms with van der Waals surface area (Å²) in [6.07, 6.45) is 3.05. The lowest BCUT2D eigenvalue weighted by molar-refractivity contribution is -0.116. The Hall–Kier alpha value is -1.88. The van der Waals surface area contributed by atoms with Gasteiger partial charge in [0.2, 0.25) is 5.91 Å². The molecule has 2 N–H and O–H groups in total. The van der Waals surface area contributed by atoms with Crippen LogP contribution >= 0.6 is 0 Å². The first kappa shape index (κ1) is 14.1. The van der Waals surface area contributed by atoms with Crippen LogP contribution in [0.1, 0.15) is 42.1 Å². The Labute approximate surface area is 124 Å². The average Bonchev–Trinajstić information content (AvgIpc) is 2.47. The van der Waals surface area contributed by atoms with Crippen molar-refractivity contribution in [2.24, 2.45) is 0 Å². The molecule has 1 unspecified atom stereocenters. The molecular formula is C16H20N2O3. The number of fused-ring (bicyclic) bond motifs is 1. The number of carbonyl (C=O) groups excluding carboxylic acids is 2. The third-order valence-corrected chi connectivity index (χ3v) is 4.12. The molecule has 5 heteroatoms. The molecule has 3 rings (SSSR count). The molecule has 2 amide bonds. The van der Waals surface area contributed by atoms with E-state index < -0.39 is 0 Å². The molecule has 2 aliphatic heterocycles. The topological polar surface area (TPSA) is 67.4 Å². The summed E-state index contributed by atoms with van der Waals surface area (Å²) in [5.41, 5.74) is 2.18. The normalized spacial score (nSPS) is 24.9. The Morgan fingerprint density at radius 3 is 3.00 bits per heavy atom. The molecule has 0 radical (unpaired) electrons. The standard InChI is InChI=1S/C16H20N2O3/c1-16(7-2-8-21-10-16)18-15(20)12-3-5-13-11(9-12)4-6-14(19)17-13/h3,5,9H,2,4,6-8,10H2,1H3,(H,17,19)(H,18,20). The van der Waals surface area contributed by atoms with E-state index in [0.29, 0.717) is 25.0 Å². The molecule has 1 aromatic carbocycles. The minimum Gasteiger partial charge on any atom is -0.379 e. The fourth-order valence-corrected chi connectivity index (χ4v) is 2.90. The van der Waals surface area contributed by atoms with Crippen LogP contribution in [0.15, 0.2) is 18.2 Å². The van der Waals surface area contributed by atoms with Gasteiger partial charge in [0.1, 0.15) is 0 Å². The number of carbonyl (C=O) groups is 2. The van der Waals surface area contributed by atoms with Crippen LogP contribution in [0.25, 0.3) is 0 Å². The Bertz CT molecular complexity index is 577. The van der Waals surface area contributed by atoms with Gasteiger partial charge in [-0.3, -0.25) is 9.59 Å². The highest BCUT2D eigenvalue weighted by Gasteiger charge is 2.29. The van der Waals surface area contributed by atoms with E-state index in [0.717, 1.165) is 30.7 Å². The highest BCUT2D eigenvalue weighted by molar-refractivity contribution is 5.98. The summed E-state index contributed by atoms with van der Waals surface area (Å²) >= 11 is 0. The van der Waals surface area contributed by atoms with E-state index in [9.17, 15) is 9.59 Å². The van der Waals surface area contributed by atoms with Crippen LogP contribution in [0.4, 0.5) is 5.69 Å². The van der Waals surface area contributed by atoms with Crippen molar-refractivity contribution in [1.29, 1.82) is 0 Å². The predicted molar refractivity (Wildman–Crippen MR) is 79.3 cm³/mol. The van der Waals surface area contributed by atoms with Gasteiger partial charge >= 0.3 is 0 Å². The van der Waals surface area contributed by atoms with Crippen molar-refractivity contribution < 1.29 is 14.3 Å². The van der Waals surface area contributed by atoms with Gasteiger partial charge in [-0.05, 0) is 49.9 Å². The molecule has 1 fully saturated rings. The van der Waals surface area contributed by atoms with Gasteiger partial charge in [-0.25, -0.2) is 0 Å². The third-order valence-electron chi connectivity index (χ3n) is 4.12. The minimum atomic E-state index is -0.292. The number of ether oxygens (including phenoxy) is 1. The summed E-state index contributed by atoms with van der Waals surface area (Å²) in [6, 6.07) is 5.44. The van der Waals surface area contributed by atoms with E-state index in [1.54, 1.807) is 12.1 Å². The molecule has 1 atom stereocenters. The molecular weight excluding hydrogens is 268 g/mol. The summed E-state index contributed by atoms with van der Waals surface area (Å²) in [5.74, 6) is -0.0470. The van der Waals surface area contributed by atoms with Gasteiger partial charge < -0.3 is 15.4 Å². The molecule has 5 nitrogen and oxygen atoms in total. The van der Waals surface area contributed by atoms with Gasteiger partial charge in [0, 0.05) is 24.3 Å². The maximum atomic E-state index is 12.4. The molecule has 0 spiro atoms. The van der Waals surface area contributed by atoms with E-state index in [1.165, 1.54) is 0 Å². The van der Waals surface area contributed by atoms with Gasteiger partial charge in [-0.1, -0.05) is 0 Å². The first-order chi connectivity index (χ1) is 10.1. The molecule has 1 saturated heterocycles. The van der Waals surface area contributed by atoms with Crippen molar-refractivity contribution >= 4 is 17.5 Å². The molecule has 2 heterocycles. The monoisotopic (exact) mass is 288 g/mol. The summed E-state index contributed by atoms with van der Waals surface area (Å²) in [7, 11) is 0. The maximum absolute atomic E-state index is 12.4. The SMILES string of the molecule is CC1(NC(=O)c2ccc3c(c2)CCC(=O)N3)CCCOC1. The maximum Gasteiger partial charge on any atom is 0.251 e. The number of rotatable bonds is 2. The zero-order chi connectivity index (χ0) is 14.9. The van der Waals surface area contributed by atoms with Crippen LogP contribution in [0.5, 0.6) is 0 Å². The molecule has 0 aliphatic carbocycles. The number of benzene rings is 1. The molecule has 2 aliphatic rings. The van der Waals surface area contributed by atoms with Crippen molar-refractivity contribution in [3.63, 3.8) is 0 Å². The van der Waals surface area contributed by atoms with Gasteiger partial charge in [-0.15, -0.1) is 0 Å². The first-order valence-electron chi connectivity index (χ1n) is 7.39. The fourth-order valence-electron chi connectivity index (χ4n) is 2.90. The number of amides is 2. The zero-order valence-electron chi connectivity index (χ0n) is 12.2. The van der Waals surface area contributed by atoms with Crippen molar-refractivity contribution in [3.8, 4) is 0 Å². The van der Waals surface area contributed by atoms with E-state index >= 15 is 0 Å². The van der Waals surface area contributed by atoms with E-state index in [2.05, 4.69) is 10.6 Å². The number of hydrogen-bond acceptors (Lipinski definition) is 3. The van der Waals surface area contributed by atoms with Crippen molar-refractivity contribution in [2.45, 2.75) is 38.1 Å². The van der Waals surface area contributed by atoms with Crippen molar-refractivity contribution in [1.82, 2.24) is 5.32 Å². The van der Waals surface area contributed by atoms with Crippen molar-refractivity contribution in [2.75, 3.05) is 18.5 Å². The number of aryl methyl sites for hydroxylation is 1. The highest BCUT2D eigenvalue weighted by Crippen LogP contribution is 2.24.